The molecule has 2 heterocycles. The van der Waals surface area contributed by atoms with Crippen LogP contribution in [0.2, 0.25) is 0 Å². The summed E-state index contributed by atoms with van der Waals surface area (Å²) in [7, 11) is 1.53. The van der Waals surface area contributed by atoms with Gasteiger partial charge in [-0.1, -0.05) is 12.1 Å². The maximum atomic E-state index is 13.2. The zero-order valence-electron chi connectivity index (χ0n) is 15.0. The summed E-state index contributed by atoms with van der Waals surface area (Å²) in [6.45, 7) is 2.03. The smallest absolute Gasteiger partial charge is 0.245 e. The van der Waals surface area contributed by atoms with E-state index in [4.69, 9.17) is 4.74 Å². The van der Waals surface area contributed by atoms with Crippen LogP contribution in [0.3, 0.4) is 0 Å². The van der Waals surface area contributed by atoms with Crippen LogP contribution in [0.5, 0.6) is 5.88 Å². The predicted molar refractivity (Wildman–Crippen MR) is 94.3 cm³/mol. The van der Waals surface area contributed by atoms with Crippen LogP contribution >= 0.6 is 0 Å². The highest BCUT2D eigenvalue weighted by Crippen LogP contribution is 2.16. The number of halogens is 1. The van der Waals surface area contributed by atoms with Gasteiger partial charge in [-0.2, -0.15) is 0 Å². The van der Waals surface area contributed by atoms with Crippen LogP contribution in [0.15, 0.2) is 42.6 Å². The molecule has 0 bridgehead atoms. The molecular formula is C18H19FN6O2. The number of rotatable bonds is 7. The van der Waals surface area contributed by atoms with Gasteiger partial charge >= 0.3 is 0 Å². The van der Waals surface area contributed by atoms with E-state index in [1.54, 1.807) is 37.4 Å². The van der Waals surface area contributed by atoms with Gasteiger partial charge in [0, 0.05) is 25.2 Å². The molecule has 8 nitrogen and oxygen atoms in total. The number of pyridine rings is 1. The average Bonchev–Trinajstić information content (AvgIpc) is 3.11. The maximum Gasteiger partial charge on any atom is 0.245 e. The average molecular weight is 370 g/mol. The molecule has 0 aliphatic rings. The number of benzene rings is 1. The van der Waals surface area contributed by atoms with Gasteiger partial charge in [0.25, 0.3) is 0 Å². The molecule has 1 atom stereocenters. The van der Waals surface area contributed by atoms with Gasteiger partial charge in [-0.15, -0.1) is 5.10 Å². The van der Waals surface area contributed by atoms with E-state index in [0.717, 1.165) is 11.1 Å². The van der Waals surface area contributed by atoms with Gasteiger partial charge in [0.05, 0.1) is 7.11 Å². The third-order valence-corrected chi connectivity index (χ3v) is 4.07. The lowest BCUT2D eigenvalue weighted by Crippen LogP contribution is -2.34. The Hall–Kier alpha value is -3.36. The monoisotopic (exact) mass is 370 g/mol. The van der Waals surface area contributed by atoms with Gasteiger partial charge in [-0.05, 0) is 46.7 Å². The van der Waals surface area contributed by atoms with E-state index in [0.29, 0.717) is 24.7 Å². The topological polar surface area (TPSA) is 94.8 Å². The molecule has 140 valence electrons. The minimum atomic E-state index is -0.658. The Bertz CT molecular complexity index is 912. The second-order valence-electron chi connectivity index (χ2n) is 5.94. The van der Waals surface area contributed by atoms with Crippen molar-refractivity contribution in [1.82, 2.24) is 30.5 Å². The first kappa shape index (κ1) is 18.4. The van der Waals surface area contributed by atoms with E-state index < -0.39 is 6.04 Å². The van der Waals surface area contributed by atoms with Crippen molar-refractivity contribution in [3.05, 3.63) is 65.4 Å². The second kappa shape index (κ2) is 8.35. The van der Waals surface area contributed by atoms with E-state index in [9.17, 15) is 9.18 Å². The Kier molecular flexibility index (Phi) is 5.70. The fourth-order valence-corrected chi connectivity index (χ4v) is 2.64. The van der Waals surface area contributed by atoms with Crippen molar-refractivity contribution in [2.24, 2.45) is 0 Å². The van der Waals surface area contributed by atoms with Gasteiger partial charge < -0.3 is 10.1 Å². The summed E-state index contributed by atoms with van der Waals surface area (Å²) in [4.78, 5) is 16.9. The van der Waals surface area contributed by atoms with Crippen molar-refractivity contribution in [2.75, 3.05) is 7.11 Å². The molecule has 0 saturated heterocycles. The highest BCUT2D eigenvalue weighted by Gasteiger charge is 2.24. The molecule has 0 saturated carbocycles. The van der Waals surface area contributed by atoms with Gasteiger partial charge in [0.1, 0.15) is 17.7 Å². The SMILES string of the molecule is COc1cc(CNC(=O)[C@@H](Cc2ccc(F)cc2)n2nnnc2C)ccn1. The molecule has 3 rings (SSSR count). The summed E-state index contributed by atoms with van der Waals surface area (Å²) in [6.07, 6.45) is 1.94. The number of tetrazole rings is 1. The van der Waals surface area contributed by atoms with E-state index in [1.807, 2.05) is 0 Å². The molecule has 0 unspecified atom stereocenters. The normalized spacial score (nSPS) is 11.8. The number of aromatic nitrogens is 5. The molecule has 0 radical (unpaired) electrons. The number of carbonyl (C=O) groups is 1. The highest BCUT2D eigenvalue weighted by molar-refractivity contribution is 5.80. The summed E-state index contributed by atoms with van der Waals surface area (Å²) in [5.74, 6) is 0.416. The Morgan fingerprint density at radius 3 is 2.70 bits per heavy atom. The number of nitrogens with zero attached hydrogens (tertiary/aromatic N) is 5. The maximum absolute atomic E-state index is 13.2. The van der Waals surface area contributed by atoms with E-state index in [2.05, 4.69) is 25.8 Å². The number of aryl methyl sites for hydroxylation is 1. The summed E-state index contributed by atoms with van der Waals surface area (Å²) in [5.41, 5.74) is 1.65. The van der Waals surface area contributed by atoms with Gasteiger partial charge in [-0.25, -0.2) is 14.1 Å². The number of hydrogen-bond donors (Lipinski definition) is 1. The Morgan fingerprint density at radius 1 is 1.26 bits per heavy atom. The second-order valence-corrected chi connectivity index (χ2v) is 5.94. The minimum Gasteiger partial charge on any atom is -0.481 e. The first-order valence-corrected chi connectivity index (χ1v) is 8.32. The van der Waals surface area contributed by atoms with E-state index >= 15 is 0 Å². The minimum absolute atomic E-state index is 0.245. The molecule has 2 aromatic heterocycles. The van der Waals surface area contributed by atoms with Gasteiger partial charge in [0.2, 0.25) is 11.8 Å². The quantitative estimate of drug-likeness (QED) is 0.679. The molecule has 0 spiro atoms. The third-order valence-electron chi connectivity index (χ3n) is 4.07. The predicted octanol–water partition coefficient (Wildman–Crippen LogP) is 1.62. The van der Waals surface area contributed by atoms with Gasteiger partial charge in [0.15, 0.2) is 0 Å². The number of amides is 1. The standard InChI is InChI=1S/C18H19FN6O2/c1-12-22-23-24-25(12)16(9-13-3-5-15(19)6-4-13)18(26)21-11-14-7-8-20-17(10-14)27-2/h3-8,10,16H,9,11H2,1-2H3,(H,21,26)/t16-/m1/s1. The van der Waals surface area contributed by atoms with Crippen molar-refractivity contribution in [1.29, 1.82) is 0 Å². The van der Waals surface area contributed by atoms with Crippen LogP contribution in [0.25, 0.3) is 0 Å². The third kappa shape index (κ3) is 4.63. The number of carbonyl (C=O) groups excluding carboxylic acids is 1. The van der Waals surface area contributed by atoms with Crippen LogP contribution < -0.4 is 10.1 Å². The van der Waals surface area contributed by atoms with Crippen LogP contribution in [-0.2, 0) is 17.8 Å². The van der Waals surface area contributed by atoms with Crippen molar-refractivity contribution in [3.63, 3.8) is 0 Å². The molecule has 27 heavy (non-hydrogen) atoms. The summed E-state index contributed by atoms with van der Waals surface area (Å²) < 4.78 is 19.7. The number of methoxy groups -OCH3 is 1. The molecule has 0 aliphatic heterocycles. The van der Waals surface area contributed by atoms with E-state index in [1.165, 1.54) is 23.9 Å². The first-order chi connectivity index (χ1) is 13.1. The van der Waals surface area contributed by atoms with Crippen LogP contribution in [0.4, 0.5) is 4.39 Å². The van der Waals surface area contributed by atoms with Crippen molar-refractivity contribution in [3.8, 4) is 5.88 Å². The molecular weight excluding hydrogens is 351 g/mol. The zero-order valence-corrected chi connectivity index (χ0v) is 15.0. The summed E-state index contributed by atoms with van der Waals surface area (Å²) >= 11 is 0. The van der Waals surface area contributed by atoms with Crippen molar-refractivity contribution >= 4 is 5.91 Å². The first-order valence-electron chi connectivity index (χ1n) is 8.32. The Labute approximate surface area is 155 Å². The number of ether oxygens (including phenoxy) is 1. The fourth-order valence-electron chi connectivity index (χ4n) is 2.64. The Balaban J connectivity index is 1.76. The molecule has 1 amide bonds. The largest absolute Gasteiger partial charge is 0.481 e. The molecule has 1 aromatic carbocycles. The van der Waals surface area contributed by atoms with Crippen molar-refractivity contribution in [2.45, 2.75) is 25.9 Å². The number of nitrogens with one attached hydrogen (secondary N) is 1. The molecule has 0 fully saturated rings. The fraction of sp³-hybridized carbons (Fsp3) is 0.278. The van der Waals surface area contributed by atoms with Crippen LogP contribution in [-0.4, -0.2) is 38.2 Å². The van der Waals surface area contributed by atoms with Gasteiger partial charge in [-0.3, -0.25) is 4.79 Å². The van der Waals surface area contributed by atoms with Crippen LogP contribution in [0, 0.1) is 12.7 Å². The highest BCUT2D eigenvalue weighted by atomic mass is 19.1. The summed E-state index contributed by atoms with van der Waals surface area (Å²) in [5, 5.41) is 14.3. The number of hydrogen-bond acceptors (Lipinski definition) is 6. The molecule has 3 aromatic rings. The summed E-state index contributed by atoms with van der Waals surface area (Å²) in [6, 6.07) is 8.89. The lowest BCUT2D eigenvalue weighted by Gasteiger charge is -2.18. The van der Waals surface area contributed by atoms with Crippen LogP contribution in [0.1, 0.15) is 23.0 Å². The zero-order chi connectivity index (χ0) is 19.2. The lowest BCUT2D eigenvalue weighted by molar-refractivity contribution is -0.124. The molecule has 0 aliphatic carbocycles. The lowest BCUT2D eigenvalue weighted by atomic mass is 10.0. The molecule has 1 N–H and O–H groups in total. The van der Waals surface area contributed by atoms with Crippen molar-refractivity contribution < 1.29 is 13.9 Å². The Morgan fingerprint density at radius 2 is 2.04 bits per heavy atom. The van der Waals surface area contributed by atoms with E-state index in [-0.39, 0.29) is 11.7 Å². The molecule has 9 heteroatoms.